The van der Waals surface area contributed by atoms with E-state index >= 15 is 0 Å². The molecule has 3 rings (SSSR count). The molecule has 2 aromatic carbocycles. The van der Waals surface area contributed by atoms with Gasteiger partial charge in [-0.25, -0.2) is 0 Å². The monoisotopic (exact) mass is 354 g/mol. The highest BCUT2D eigenvalue weighted by molar-refractivity contribution is 6.04. The van der Waals surface area contributed by atoms with E-state index < -0.39 is 6.04 Å². The Labute approximate surface area is 152 Å². The van der Waals surface area contributed by atoms with Crippen molar-refractivity contribution in [2.75, 3.05) is 27.4 Å². The van der Waals surface area contributed by atoms with E-state index in [1.54, 1.807) is 25.2 Å². The molecule has 1 atom stereocenters. The van der Waals surface area contributed by atoms with Crippen LogP contribution < -0.4 is 10.1 Å². The maximum Gasteiger partial charge on any atom is 0.255 e. The average Bonchev–Trinajstić information content (AvgIpc) is 2.95. The van der Waals surface area contributed by atoms with E-state index in [2.05, 4.69) is 5.32 Å². The molecule has 0 bridgehead atoms. The van der Waals surface area contributed by atoms with Crippen LogP contribution in [0.5, 0.6) is 5.75 Å². The molecule has 0 saturated heterocycles. The predicted molar refractivity (Wildman–Crippen MR) is 96.9 cm³/mol. The van der Waals surface area contributed by atoms with Crippen molar-refractivity contribution in [3.05, 3.63) is 65.2 Å². The molecule has 0 radical (unpaired) electrons. The van der Waals surface area contributed by atoms with Crippen LogP contribution in [0, 0.1) is 0 Å². The van der Waals surface area contributed by atoms with Gasteiger partial charge in [0.05, 0.1) is 20.3 Å². The lowest BCUT2D eigenvalue weighted by molar-refractivity contribution is -0.125. The summed E-state index contributed by atoms with van der Waals surface area (Å²) >= 11 is 0. The number of para-hydroxylation sites is 1. The summed E-state index contributed by atoms with van der Waals surface area (Å²) in [6.45, 7) is 1.10. The second kappa shape index (κ2) is 8.01. The largest absolute Gasteiger partial charge is 0.496 e. The van der Waals surface area contributed by atoms with Gasteiger partial charge in [0, 0.05) is 24.8 Å². The smallest absolute Gasteiger partial charge is 0.255 e. The van der Waals surface area contributed by atoms with Crippen molar-refractivity contribution >= 4 is 11.8 Å². The van der Waals surface area contributed by atoms with Crippen molar-refractivity contribution < 1.29 is 19.1 Å². The van der Waals surface area contributed by atoms with Crippen LogP contribution in [0.1, 0.15) is 27.5 Å². The number of nitrogens with one attached hydrogen (secondary N) is 1. The summed E-state index contributed by atoms with van der Waals surface area (Å²) in [7, 11) is 3.17. The van der Waals surface area contributed by atoms with Crippen molar-refractivity contribution in [3.8, 4) is 5.75 Å². The van der Waals surface area contributed by atoms with Crippen LogP contribution in [0.2, 0.25) is 0 Å². The van der Waals surface area contributed by atoms with Crippen LogP contribution in [-0.2, 0) is 16.1 Å². The molecule has 0 saturated carbocycles. The maximum atomic E-state index is 12.9. The van der Waals surface area contributed by atoms with Crippen molar-refractivity contribution in [1.82, 2.24) is 10.2 Å². The molecule has 1 aliphatic heterocycles. The minimum absolute atomic E-state index is 0.154. The third kappa shape index (κ3) is 3.41. The molecule has 1 heterocycles. The lowest BCUT2D eigenvalue weighted by atomic mass is 10.0. The predicted octanol–water partition coefficient (Wildman–Crippen LogP) is 2.15. The molecule has 6 heteroatoms. The molecular weight excluding hydrogens is 332 g/mol. The fraction of sp³-hybridized carbons (Fsp3) is 0.300. The zero-order chi connectivity index (χ0) is 18.5. The van der Waals surface area contributed by atoms with Crippen molar-refractivity contribution in [1.29, 1.82) is 0 Å². The molecule has 2 amide bonds. The van der Waals surface area contributed by atoms with E-state index in [1.165, 1.54) is 0 Å². The van der Waals surface area contributed by atoms with Gasteiger partial charge in [-0.3, -0.25) is 9.59 Å². The van der Waals surface area contributed by atoms with E-state index in [0.717, 1.165) is 11.1 Å². The van der Waals surface area contributed by atoms with E-state index in [0.29, 0.717) is 31.0 Å². The molecule has 0 aliphatic carbocycles. The summed E-state index contributed by atoms with van der Waals surface area (Å²) < 4.78 is 10.4. The van der Waals surface area contributed by atoms with Crippen molar-refractivity contribution in [2.45, 2.75) is 12.6 Å². The van der Waals surface area contributed by atoms with Crippen LogP contribution in [0.3, 0.4) is 0 Å². The summed E-state index contributed by atoms with van der Waals surface area (Å²) in [5.74, 6) is 0.323. The Morgan fingerprint density at radius 3 is 2.62 bits per heavy atom. The normalized spacial score (nSPS) is 15.7. The Morgan fingerprint density at radius 1 is 1.12 bits per heavy atom. The minimum atomic E-state index is -0.666. The SMILES string of the molecule is COCCNC(=O)C1c2ccccc2C(=O)N1Cc1ccccc1OC. The summed E-state index contributed by atoms with van der Waals surface area (Å²) in [5, 5.41) is 2.84. The summed E-state index contributed by atoms with van der Waals surface area (Å²) in [6.07, 6.45) is 0. The molecule has 1 aliphatic rings. The van der Waals surface area contributed by atoms with Gasteiger partial charge in [0.25, 0.3) is 5.91 Å². The number of nitrogens with zero attached hydrogens (tertiary/aromatic N) is 1. The number of hydrogen-bond acceptors (Lipinski definition) is 4. The van der Waals surface area contributed by atoms with Gasteiger partial charge in [-0.2, -0.15) is 0 Å². The maximum absolute atomic E-state index is 12.9. The number of hydrogen-bond donors (Lipinski definition) is 1. The van der Waals surface area contributed by atoms with Crippen LogP contribution in [0.15, 0.2) is 48.5 Å². The highest BCUT2D eigenvalue weighted by atomic mass is 16.5. The van der Waals surface area contributed by atoms with Crippen LogP contribution in [0.4, 0.5) is 0 Å². The lowest BCUT2D eigenvalue weighted by Crippen LogP contribution is -2.39. The number of methoxy groups -OCH3 is 2. The van der Waals surface area contributed by atoms with Crippen LogP contribution in [0.25, 0.3) is 0 Å². The highest BCUT2D eigenvalue weighted by Gasteiger charge is 2.40. The minimum Gasteiger partial charge on any atom is -0.496 e. The molecule has 26 heavy (non-hydrogen) atoms. The Bertz CT molecular complexity index is 806. The number of carbonyl (C=O) groups is 2. The first kappa shape index (κ1) is 17.9. The number of rotatable bonds is 7. The fourth-order valence-electron chi connectivity index (χ4n) is 3.21. The summed E-state index contributed by atoms with van der Waals surface area (Å²) in [5.41, 5.74) is 2.14. The van der Waals surface area contributed by atoms with E-state index in [4.69, 9.17) is 9.47 Å². The zero-order valence-electron chi connectivity index (χ0n) is 14.9. The van der Waals surface area contributed by atoms with Crippen LogP contribution in [-0.4, -0.2) is 44.1 Å². The first-order chi connectivity index (χ1) is 12.7. The van der Waals surface area contributed by atoms with Gasteiger partial charge in [-0.05, 0) is 17.7 Å². The Kier molecular flexibility index (Phi) is 5.53. The second-order valence-corrected chi connectivity index (χ2v) is 6.02. The molecule has 0 aromatic heterocycles. The average molecular weight is 354 g/mol. The number of benzene rings is 2. The van der Waals surface area contributed by atoms with Crippen LogP contribution >= 0.6 is 0 Å². The summed E-state index contributed by atoms with van der Waals surface area (Å²) in [6, 6.07) is 14.1. The fourth-order valence-corrected chi connectivity index (χ4v) is 3.21. The van der Waals surface area contributed by atoms with E-state index in [1.807, 2.05) is 42.5 Å². The zero-order valence-corrected chi connectivity index (χ0v) is 14.9. The number of ether oxygens (including phenoxy) is 2. The number of carbonyl (C=O) groups excluding carboxylic acids is 2. The van der Waals surface area contributed by atoms with Crippen molar-refractivity contribution in [2.24, 2.45) is 0 Å². The second-order valence-electron chi connectivity index (χ2n) is 6.02. The van der Waals surface area contributed by atoms with Gasteiger partial charge in [0.1, 0.15) is 11.8 Å². The number of fused-ring (bicyclic) bond motifs is 1. The molecule has 6 nitrogen and oxygen atoms in total. The number of amides is 2. The lowest BCUT2D eigenvalue weighted by Gasteiger charge is -2.25. The summed E-state index contributed by atoms with van der Waals surface area (Å²) in [4.78, 5) is 27.3. The van der Waals surface area contributed by atoms with E-state index in [-0.39, 0.29) is 11.8 Å². The Morgan fingerprint density at radius 2 is 1.85 bits per heavy atom. The first-order valence-electron chi connectivity index (χ1n) is 8.45. The molecular formula is C20H22N2O4. The standard InChI is InChI=1S/C20H22N2O4/c1-25-12-11-21-19(23)18-15-8-4-5-9-16(15)20(24)22(18)13-14-7-3-6-10-17(14)26-2/h3-10,18H,11-13H2,1-2H3,(H,21,23). The van der Waals surface area contributed by atoms with Gasteiger partial charge in [-0.15, -0.1) is 0 Å². The van der Waals surface area contributed by atoms with Gasteiger partial charge < -0.3 is 19.7 Å². The highest BCUT2D eigenvalue weighted by Crippen LogP contribution is 2.36. The first-order valence-corrected chi connectivity index (χ1v) is 8.45. The van der Waals surface area contributed by atoms with Gasteiger partial charge in [-0.1, -0.05) is 36.4 Å². The molecule has 136 valence electrons. The topological polar surface area (TPSA) is 67.9 Å². The Hall–Kier alpha value is -2.86. The molecule has 0 fully saturated rings. The Balaban J connectivity index is 1.91. The van der Waals surface area contributed by atoms with Gasteiger partial charge in [0.15, 0.2) is 0 Å². The van der Waals surface area contributed by atoms with Gasteiger partial charge >= 0.3 is 0 Å². The third-order valence-electron chi connectivity index (χ3n) is 4.45. The molecule has 2 aromatic rings. The molecule has 1 unspecified atom stereocenters. The van der Waals surface area contributed by atoms with Crippen molar-refractivity contribution in [3.63, 3.8) is 0 Å². The van der Waals surface area contributed by atoms with E-state index in [9.17, 15) is 9.59 Å². The molecule has 1 N–H and O–H groups in total. The third-order valence-corrected chi connectivity index (χ3v) is 4.45. The van der Waals surface area contributed by atoms with Gasteiger partial charge in [0.2, 0.25) is 5.91 Å². The molecule has 0 spiro atoms. The quantitative estimate of drug-likeness (QED) is 0.774.